The van der Waals surface area contributed by atoms with E-state index < -0.39 is 30.4 Å². The largest absolute Gasteiger partial charge is 0.493 e. The predicted octanol–water partition coefficient (Wildman–Crippen LogP) is 2.79. The second kappa shape index (κ2) is 9.42. The van der Waals surface area contributed by atoms with Gasteiger partial charge in [-0.2, -0.15) is 0 Å². The molecule has 144 valence electrons. The third-order valence-corrected chi connectivity index (χ3v) is 3.47. The molecule has 1 atom stereocenters. The number of carbonyl (C=O) groups excluding carboxylic acids is 2. The van der Waals surface area contributed by atoms with E-state index in [1.54, 1.807) is 18.2 Å². The number of ether oxygens (including phenoxy) is 4. The number of rotatable bonds is 8. The molecule has 0 aliphatic heterocycles. The zero-order valence-corrected chi connectivity index (χ0v) is 15.2. The lowest BCUT2D eigenvalue weighted by Crippen LogP contribution is -2.29. The SMILES string of the molecule is COc1ccc(NC(=O)COC(=O)[C@H](C)Oc2ccc(F)cc2)cc1OC. The normalized spacial score (nSPS) is 11.3. The Bertz CT molecular complexity index is 793. The molecule has 0 radical (unpaired) electrons. The minimum Gasteiger partial charge on any atom is -0.493 e. The number of halogens is 1. The van der Waals surface area contributed by atoms with Crippen LogP contribution in [-0.4, -0.2) is 38.8 Å². The van der Waals surface area contributed by atoms with Crippen LogP contribution in [0.15, 0.2) is 42.5 Å². The van der Waals surface area contributed by atoms with Crippen LogP contribution in [0.3, 0.4) is 0 Å². The van der Waals surface area contributed by atoms with Crippen LogP contribution in [0.2, 0.25) is 0 Å². The molecule has 0 saturated heterocycles. The molecule has 1 amide bonds. The van der Waals surface area contributed by atoms with Gasteiger partial charge in [0.25, 0.3) is 5.91 Å². The van der Waals surface area contributed by atoms with Gasteiger partial charge in [-0.05, 0) is 43.3 Å². The Labute approximate surface area is 156 Å². The minimum absolute atomic E-state index is 0.315. The Balaban J connectivity index is 1.83. The molecular formula is C19H20FNO6. The Kier molecular flexibility index (Phi) is 6.99. The van der Waals surface area contributed by atoms with E-state index in [1.165, 1.54) is 45.4 Å². The average molecular weight is 377 g/mol. The lowest BCUT2D eigenvalue weighted by atomic mass is 10.2. The molecule has 2 aromatic carbocycles. The number of amides is 1. The highest BCUT2D eigenvalue weighted by molar-refractivity contribution is 5.93. The van der Waals surface area contributed by atoms with Gasteiger partial charge in [-0.15, -0.1) is 0 Å². The second-order valence-corrected chi connectivity index (χ2v) is 5.44. The number of carbonyl (C=O) groups is 2. The van der Waals surface area contributed by atoms with Crippen molar-refractivity contribution < 1.29 is 32.9 Å². The first-order valence-electron chi connectivity index (χ1n) is 8.03. The summed E-state index contributed by atoms with van der Waals surface area (Å²) in [6.45, 7) is 0.988. The topological polar surface area (TPSA) is 83.1 Å². The Morgan fingerprint density at radius 2 is 1.70 bits per heavy atom. The van der Waals surface area contributed by atoms with Gasteiger partial charge in [0.15, 0.2) is 24.2 Å². The molecule has 0 heterocycles. The van der Waals surface area contributed by atoms with Crippen LogP contribution in [-0.2, 0) is 14.3 Å². The van der Waals surface area contributed by atoms with Crippen molar-refractivity contribution in [1.29, 1.82) is 0 Å². The zero-order valence-electron chi connectivity index (χ0n) is 15.2. The molecule has 2 rings (SSSR count). The van der Waals surface area contributed by atoms with E-state index in [-0.39, 0.29) is 0 Å². The van der Waals surface area contributed by atoms with Crippen LogP contribution >= 0.6 is 0 Å². The van der Waals surface area contributed by atoms with E-state index in [0.717, 1.165) is 0 Å². The number of methoxy groups -OCH3 is 2. The van der Waals surface area contributed by atoms with Crippen molar-refractivity contribution >= 4 is 17.6 Å². The molecule has 2 aromatic rings. The van der Waals surface area contributed by atoms with Gasteiger partial charge >= 0.3 is 5.97 Å². The summed E-state index contributed by atoms with van der Waals surface area (Å²) in [6, 6.07) is 10.1. The van der Waals surface area contributed by atoms with Gasteiger partial charge < -0.3 is 24.3 Å². The molecule has 0 unspecified atom stereocenters. The van der Waals surface area contributed by atoms with Crippen LogP contribution in [0.5, 0.6) is 17.2 Å². The van der Waals surface area contributed by atoms with Crippen molar-refractivity contribution in [2.45, 2.75) is 13.0 Å². The molecular weight excluding hydrogens is 357 g/mol. The molecule has 0 aromatic heterocycles. The van der Waals surface area contributed by atoms with Gasteiger partial charge in [-0.1, -0.05) is 0 Å². The molecule has 0 saturated carbocycles. The van der Waals surface area contributed by atoms with E-state index >= 15 is 0 Å². The Morgan fingerprint density at radius 3 is 2.33 bits per heavy atom. The number of anilines is 1. The molecule has 8 heteroatoms. The van der Waals surface area contributed by atoms with E-state index in [4.69, 9.17) is 18.9 Å². The quantitative estimate of drug-likeness (QED) is 0.713. The summed E-state index contributed by atoms with van der Waals surface area (Å²) < 4.78 is 33.4. The number of esters is 1. The molecule has 7 nitrogen and oxygen atoms in total. The van der Waals surface area contributed by atoms with Gasteiger partial charge in [-0.25, -0.2) is 9.18 Å². The van der Waals surface area contributed by atoms with Crippen molar-refractivity contribution in [1.82, 2.24) is 0 Å². The van der Waals surface area contributed by atoms with Crippen molar-refractivity contribution in [3.8, 4) is 17.2 Å². The van der Waals surface area contributed by atoms with Crippen LogP contribution in [0.25, 0.3) is 0 Å². The molecule has 0 fully saturated rings. The maximum absolute atomic E-state index is 12.9. The van der Waals surface area contributed by atoms with Crippen LogP contribution in [0, 0.1) is 5.82 Å². The number of hydrogen-bond donors (Lipinski definition) is 1. The Hall–Kier alpha value is -3.29. The number of hydrogen-bond acceptors (Lipinski definition) is 6. The lowest BCUT2D eigenvalue weighted by Gasteiger charge is -2.14. The molecule has 1 N–H and O–H groups in total. The molecule has 0 aliphatic rings. The highest BCUT2D eigenvalue weighted by Gasteiger charge is 2.18. The smallest absolute Gasteiger partial charge is 0.347 e. The van der Waals surface area contributed by atoms with Crippen molar-refractivity contribution in [2.24, 2.45) is 0 Å². The van der Waals surface area contributed by atoms with Crippen molar-refractivity contribution in [3.05, 3.63) is 48.3 Å². The van der Waals surface area contributed by atoms with Crippen LogP contribution < -0.4 is 19.5 Å². The van der Waals surface area contributed by atoms with E-state index in [9.17, 15) is 14.0 Å². The number of benzene rings is 2. The van der Waals surface area contributed by atoms with Gasteiger partial charge in [0.2, 0.25) is 0 Å². The van der Waals surface area contributed by atoms with Crippen molar-refractivity contribution in [2.75, 3.05) is 26.1 Å². The monoisotopic (exact) mass is 377 g/mol. The molecule has 0 aliphatic carbocycles. The summed E-state index contributed by atoms with van der Waals surface area (Å²) in [5.74, 6) is -0.367. The molecule has 27 heavy (non-hydrogen) atoms. The van der Waals surface area contributed by atoms with E-state index in [2.05, 4.69) is 5.32 Å². The number of nitrogens with one attached hydrogen (secondary N) is 1. The lowest BCUT2D eigenvalue weighted by molar-refractivity contribution is -0.153. The third kappa shape index (κ3) is 5.88. The highest BCUT2D eigenvalue weighted by Crippen LogP contribution is 2.29. The third-order valence-electron chi connectivity index (χ3n) is 3.47. The standard InChI is InChI=1S/C19H20FNO6/c1-12(27-15-7-4-13(20)5-8-15)19(23)26-11-18(22)21-14-6-9-16(24-2)17(10-14)25-3/h4-10,12H,11H2,1-3H3,(H,21,22)/t12-/m0/s1. The minimum atomic E-state index is -0.954. The maximum atomic E-state index is 12.9. The average Bonchev–Trinajstić information content (AvgIpc) is 2.67. The summed E-state index contributed by atoms with van der Waals surface area (Å²) in [5, 5.41) is 2.58. The summed E-state index contributed by atoms with van der Waals surface area (Å²) in [6.07, 6.45) is -0.954. The zero-order chi connectivity index (χ0) is 19.8. The van der Waals surface area contributed by atoms with Crippen LogP contribution in [0.1, 0.15) is 6.92 Å². The first kappa shape index (κ1) is 20.0. The summed E-state index contributed by atoms with van der Waals surface area (Å²) in [4.78, 5) is 23.9. The molecule has 0 bridgehead atoms. The van der Waals surface area contributed by atoms with Crippen LogP contribution in [0.4, 0.5) is 10.1 Å². The van der Waals surface area contributed by atoms with Gasteiger partial charge in [-0.3, -0.25) is 4.79 Å². The van der Waals surface area contributed by atoms with E-state index in [1.807, 2.05) is 0 Å². The fraction of sp³-hybridized carbons (Fsp3) is 0.263. The first-order valence-corrected chi connectivity index (χ1v) is 8.03. The predicted molar refractivity (Wildman–Crippen MR) is 95.6 cm³/mol. The fourth-order valence-corrected chi connectivity index (χ4v) is 2.13. The first-order chi connectivity index (χ1) is 12.9. The Morgan fingerprint density at radius 1 is 1.04 bits per heavy atom. The summed E-state index contributed by atoms with van der Waals surface area (Å²) in [7, 11) is 2.98. The van der Waals surface area contributed by atoms with E-state index in [0.29, 0.717) is 22.9 Å². The van der Waals surface area contributed by atoms with Gasteiger partial charge in [0.1, 0.15) is 11.6 Å². The van der Waals surface area contributed by atoms with Gasteiger partial charge in [0.05, 0.1) is 14.2 Å². The fourth-order valence-electron chi connectivity index (χ4n) is 2.13. The second-order valence-electron chi connectivity index (χ2n) is 5.44. The molecule has 0 spiro atoms. The summed E-state index contributed by atoms with van der Waals surface area (Å²) in [5.41, 5.74) is 0.462. The van der Waals surface area contributed by atoms with Crippen molar-refractivity contribution in [3.63, 3.8) is 0 Å². The maximum Gasteiger partial charge on any atom is 0.347 e. The van der Waals surface area contributed by atoms with Gasteiger partial charge in [0, 0.05) is 11.8 Å². The highest BCUT2D eigenvalue weighted by atomic mass is 19.1. The summed E-state index contributed by atoms with van der Waals surface area (Å²) >= 11 is 0.